The second-order valence-corrected chi connectivity index (χ2v) is 7.66. The smallest absolute Gasteiger partial charge is 0.319 e. The van der Waals surface area contributed by atoms with Crippen LogP contribution in [-0.4, -0.2) is 11.9 Å². The summed E-state index contributed by atoms with van der Waals surface area (Å²) in [7, 11) is 0. The number of hydrogen-bond donors (Lipinski definition) is 5. The molecule has 2 aliphatic rings. The van der Waals surface area contributed by atoms with E-state index < -0.39 is 11.4 Å². The number of para-hydroxylation sites is 1. The summed E-state index contributed by atoms with van der Waals surface area (Å²) in [6, 6.07) is 7.21. The van der Waals surface area contributed by atoms with E-state index in [1.165, 1.54) is 12.1 Å². The van der Waals surface area contributed by atoms with Crippen LogP contribution >= 0.6 is 11.6 Å². The summed E-state index contributed by atoms with van der Waals surface area (Å²) in [5.41, 5.74) is 2.93. The molecule has 0 unspecified atom stereocenters. The Morgan fingerprint density at radius 2 is 2.00 bits per heavy atom. The number of rotatable bonds is 3. The minimum Gasteiger partial charge on any atom is -0.453 e. The van der Waals surface area contributed by atoms with E-state index in [0.29, 0.717) is 22.0 Å². The Morgan fingerprint density at radius 3 is 2.72 bits per heavy atom. The summed E-state index contributed by atoms with van der Waals surface area (Å²) in [5, 5.41) is 14.1. The highest BCUT2D eigenvalue weighted by atomic mass is 35.5. The predicted octanol–water partition coefficient (Wildman–Crippen LogP) is 4.35. The van der Waals surface area contributed by atoms with E-state index in [0.717, 1.165) is 32.1 Å². The molecule has 1 saturated carbocycles. The van der Waals surface area contributed by atoms with E-state index in [9.17, 15) is 9.18 Å². The number of carbonyl (C=O) groups excluding carboxylic acids is 1. The Hall–Kier alpha value is -2.84. The van der Waals surface area contributed by atoms with Crippen LogP contribution in [0.25, 0.3) is 0 Å². The number of ether oxygens (including phenoxy) is 1. The Balaban J connectivity index is 1.87. The third-order valence-corrected chi connectivity index (χ3v) is 5.80. The van der Waals surface area contributed by atoms with Gasteiger partial charge in [0.15, 0.2) is 11.6 Å². The van der Waals surface area contributed by atoms with Crippen molar-refractivity contribution in [1.82, 2.24) is 10.7 Å². The van der Waals surface area contributed by atoms with E-state index in [-0.39, 0.29) is 23.2 Å². The first kappa shape index (κ1) is 19.5. The molecule has 2 aromatic carbocycles. The molecule has 0 aromatic heterocycles. The fraction of sp³-hybridized carbons (Fsp3) is 0.300. The fourth-order valence-electron chi connectivity index (χ4n) is 4.19. The summed E-state index contributed by atoms with van der Waals surface area (Å²) in [6.07, 6.45) is 4.42. The lowest BCUT2D eigenvalue weighted by molar-refractivity contribution is 0.206. The summed E-state index contributed by atoms with van der Waals surface area (Å²) < 4.78 is 20.7. The topological polar surface area (TPSA) is 112 Å². The average molecular weight is 418 g/mol. The largest absolute Gasteiger partial charge is 0.453 e. The molecular weight excluding hydrogens is 397 g/mol. The van der Waals surface area contributed by atoms with Crippen molar-refractivity contribution >= 4 is 29.2 Å². The monoisotopic (exact) mass is 417 g/mol. The normalized spacial score (nSPS) is 17.1. The van der Waals surface area contributed by atoms with Crippen molar-refractivity contribution in [2.75, 3.05) is 5.32 Å². The summed E-state index contributed by atoms with van der Waals surface area (Å²) >= 11 is 6.39. The van der Waals surface area contributed by atoms with E-state index in [1.807, 2.05) is 0 Å². The number of fused-ring (bicyclic) bond motifs is 2. The molecule has 0 atom stereocenters. The number of benzene rings is 2. The first-order valence-electron chi connectivity index (χ1n) is 9.39. The van der Waals surface area contributed by atoms with Gasteiger partial charge in [-0.05, 0) is 37.1 Å². The van der Waals surface area contributed by atoms with Gasteiger partial charge in [0.1, 0.15) is 11.6 Å². The molecule has 2 amide bonds. The molecule has 0 saturated heterocycles. The van der Waals surface area contributed by atoms with Crippen molar-refractivity contribution in [3.8, 4) is 11.5 Å². The average Bonchev–Trinajstić information content (AvgIpc) is 2.71. The number of amides is 2. The highest BCUT2D eigenvalue weighted by Gasteiger charge is 2.43. The third kappa shape index (κ3) is 3.38. The first-order chi connectivity index (χ1) is 13.9. The van der Waals surface area contributed by atoms with Crippen LogP contribution in [0.4, 0.5) is 14.9 Å². The molecule has 1 heterocycles. The highest BCUT2D eigenvalue weighted by molar-refractivity contribution is 6.34. The Kier molecular flexibility index (Phi) is 5.06. The molecule has 4 rings (SSSR count). The quantitative estimate of drug-likeness (QED) is 0.221. The van der Waals surface area contributed by atoms with Gasteiger partial charge in [-0.25, -0.2) is 15.0 Å². The number of amidine groups is 1. The molecule has 6 N–H and O–H groups in total. The van der Waals surface area contributed by atoms with Crippen molar-refractivity contribution in [3.05, 3.63) is 52.3 Å². The number of nitrogens with one attached hydrogen (secondary N) is 4. The predicted molar refractivity (Wildman–Crippen MR) is 109 cm³/mol. The number of carbonyl (C=O) groups is 1. The Labute approximate surface area is 172 Å². The summed E-state index contributed by atoms with van der Waals surface area (Å²) in [6.45, 7) is 0. The standard InChI is InChI=1S/C20H21ClFN5O2/c21-12-7-8-14(29-17-11(18(23)27-24)5-4-6-13(17)22)15-16(12)25-19(28)26-20(15)9-2-1-3-10-20/h4-8H,1-3,9-10,24H2,(H2,23,27)(H2,25,26,28). The molecule has 7 nitrogen and oxygen atoms in total. The molecule has 2 aromatic rings. The lowest BCUT2D eigenvalue weighted by Gasteiger charge is -2.43. The van der Waals surface area contributed by atoms with Gasteiger partial charge in [0.05, 0.1) is 21.8 Å². The number of anilines is 1. The molecular formula is C20H21ClFN5O2. The molecule has 0 bridgehead atoms. The molecule has 29 heavy (non-hydrogen) atoms. The van der Waals surface area contributed by atoms with Crippen LogP contribution in [-0.2, 0) is 5.54 Å². The molecule has 1 aliphatic carbocycles. The number of urea groups is 1. The van der Waals surface area contributed by atoms with Crippen molar-refractivity contribution in [2.24, 2.45) is 5.84 Å². The van der Waals surface area contributed by atoms with Gasteiger partial charge in [0.25, 0.3) is 0 Å². The maximum absolute atomic E-state index is 14.6. The highest BCUT2D eigenvalue weighted by Crippen LogP contribution is 2.50. The summed E-state index contributed by atoms with van der Waals surface area (Å²) in [5.74, 6) is 4.79. The Bertz CT molecular complexity index is 991. The molecule has 1 spiro atoms. The van der Waals surface area contributed by atoms with E-state index in [4.69, 9.17) is 27.6 Å². The lowest BCUT2D eigenvalue weighted by atomic mass is 9.74. The first-order valence-corrected chi connectivity index (χ1v) is 9.77. The van der Waals surface area contributed by atoms with E-state index >= 15 is 0 Å². The second-order valence-electron chi connectivity index (χ2n) is 7.26. The van der Waals surface area contributed by atoms with Gasteiger partial charge in [0, 0.05) is 5.56 Å². The Morgan fingerprint density at radius 1 is 1.24 bits per heavy atom. The van der Waals surface area contributed by atoms with Crippen molar-refractivity contribution < 1.29 is 13.9 Å². The summed E-state index contributed by atoms with van der Waals surface area (Å²) in [4.78, 5) is 12.3. The number of hydrogen-bond acceptors (Lipinski definition) is 4. The van der Waals surface area contributed by atoms with Gasteiger partial charge in [-0.15, -0.1) is 0 Å². The van der Waals surface area contributed by atoms with Crippen LogP contribution in [0.3, 0.4) is 0 Å². The molecule has 1 aliphatic heterocycles. The van der Waals surface area contributed by atoms with Gasteiger partial charge >= 0.3 is 6.03 Å². The SMILES string of the molecule is N=C(NN)c1cccc(F)c1Oc1ccc(Cl)c2c1C1(CCCCC1)NC(=O)N2. The lowest BCUT2D eigenvalue weighted by Crippen LogP contribution is -2.52. The van der Waals surface area contributed by atoms with Crippen molar-refractivity contribution in [2.45, 2.75) is 37.6 Å². The molecule has 0 radical (unpaired) electrons. The minimum absolute atomic E-state index is 0.122. The van der Waals surface area contributed by atoms with Gasteiger partial charge < -0.3 is 20.8 Å². The van der Waals surface area contributed by atoms with E-state index in [2.05, 4.69) is 16.1 Å². The van der Waals surface area contributed by atoms with Crippen LogP contribution in [0, 0.1) is 11.2 Å². The van der Waals surface area contributed by atoms with Gasteiger partial charge in [-0.2, -0.15) is 0 Å². The zero-order valence-corrected chi connectivity index (χ0v) is 16.3. The van der Waals surface area contributed by atoms with Gasteiger partial charge in [-0.1, -0.05) is 36.9 Å². The van der Waals surface area contributed by atoms with Crippen LogP contribution in [0.2, 0.25) is 5.02 Å². The zero-order chi connectivity index (χ0) is 20.6. The van der Waals surface area contributed by atoms with Crippen molar-refractivity contribution in [3.63, 3.8) is 0 Å². The number of hydrazine groups is 1. The number of nitrogens with two attached hydrogens (primary N) is 1. The van der Waals surface area contributed by atoms with Crippen LogP contribution in [0.1, 0.15) is 43.2 Å². The maximum Gasteiger partial charge on any atom is 0.319 e. The van der Waals surface area contributed by atoms with Crippen LogP contribution in [0.5, 0.6) is 11.5 Å². The number of halogens is 2. The maximum atomic E-state index is 14.6. The van der Waals surface area contributed by atoms with Gasteiger partial charge in [0.2, 0.25) is 0 Å². The molecule has 9 heteroatoms. The fourth-order valence-corrected chi connectivity index (χ4v) is 4.40. The molecule has 1 fully saturated rings. The van der Waals surface area contributed by atoms with Crippen molar-refractivity contribution in [1.29, 1.82) is 5.41 Å². The second kappa shape index (κ2) is 7.53. The van der Waals surface area contributed by atoms with Crippen LogP contribution < -0.4 is 26.6 Å². The van der Waals surface area contributed by atoms with Crippen LogP contribution in [0.15, 0.2) is 30.3 Å². The zero-order valence-electron chi connectivity index (χ0n) is 15.6. The molecule has 152 valence electrons. The van der Waals surface area contributed by atoms with E-state index in [1.54, 1.807) is 18.2 Å². The third-order valence-electron chi connectivity index (χ3n) is 5.49. The van der Waals surface area contributed by atoms with Gasteiger partial charge in [-0.3, -0.25) is 5.41 Å². The minimum atomic E-state index is -0.638.